The molecule has 0 bridgehead atoms. The van der Waals surface area contributed by atoms with E-state index < -0.39 is 23.7 Å². The Labute approximate surface area is 253 Å². The van der Waals surface area contributed by atoms with Gasteiger partial charge in [0, 0.05) is 21.7 Å². The second-order valence-electron chi connectivity index (χ2n) is 10.9. The highest BCUT2D eigenvalue weighted by molar-refractivity contribution is 6.31. The van der Waals surface area contributed by atoms with Crippen molar-refractivity contribution >= 4 is 40.8 Å². The first-order valence-electron chi connectivity index (χ1n) is 14.1. The van der Waals surface area contributed by atoms with E-state index in [9.17, 15) is 18.0 Å². The predicted octanol–water partition coefficient (Wildman–Crippen LogP) is 7.90. The highest BCUT2D eigenvalue weighted by Crippen LogP contribution is 2.48. The third kappa shape index (κ3) is 7.09. The van der Waals surface area contributed by atoms with Gasteiger partial charge >= 0.3 is 0 Å². The Hall–Kier alpha value is -3.11. The summed E-state index contributed by atoms with van der Waals surface area (Å²) in [6.45, 7) is 0. The molecule has 222 valence electrons. The summed E-state index contributed by atoms with van der Waals surface area (Å²) < 4.78 is 42.2. The molecule has 2 fully saturated rings. The fourth-order valence-electron chi connectivity index (χ4n) is 5.98. The number of nitrogens with one attached hydrogen (secondary N) is 4. The minimum atomic E-state index is -0.745. The minimum Gasteiger partial charge on any atom is -0.339 e. The van der Waals surface area contributed by atoms with Gasteiger partial charge in [0.05, 0.1) is 17.2 Å². The van der Waals surface area contributed by atoms with E-state index in [2.05, 4.69) is 26.5 Å². The van der Waals surface area contributed by atoms with Crippen LogP contribution in [0.25, 0.3) is 0 Å². The predicted molar refractivity (Wildman–Crippen MR) is 160 cm³/mol. The third-order valence-electron chi connectivity index (χ3n) is 8.05. The Balaban J connectivity index is 1.52. The number of aliphatic imine (C=N–C) groups is 1. The number of benzene rings is 3. The summed E-state index contributed by atoms with van der Waals surface area (Å²) in [5.74, 6) is -2.33. The second kappa shape index (κ2) is 13.5. The van der Waals surface area contributed by atoms with Gasteiger partial charge in [-0.2, -0.15) is 4.99 Å². The molecule has 0 radical (unpaired) electrons. The topological polar surface area (TPSA) is 77.5 Å². The number of guanidine groups is 1. The van der Waals surface area contributed by atoms with Crippen LogP contribution in [0.2, 0.25) is 10.0 Å². The Morgan fingerprint density at radius 3 is 2.19 bits per heavy atom. The van der Waals surface area contributed by atoms with Crippen LogP contribution in [0, 0.1) is 22.9 Å². The van der Waals surface area contributed by atoms with Gasteiger partial charge in [-0.1, -0.05) is 73.9 Å². The SMILES string of the molecule is O=C(/N=C(/Nc1cc(F)cc(Cl)c1)NC1NNC(c2ccc(F)cc2)C12CCCCCCCC2)c1ccc(Cl)c(F)c1. The van der Waals surface area contributed by atoms with E-state index in [1.807, 2.05) is 0 Å². The number of rotatable bonds is 4. The maximum atomic E-state index is 14.2. The van der Waals surface area contributed by atoms with Gasteiger partial charge in [0.1, 0.15) is 17.5 Å². The van der Waals surface area contributed by atoms with Crippen LogP contribution in [0.5, 0.6) is 0 Å². The number of hydrazine groups is 1. The van der Waals surface area contributed by atoms with Gasteiger partial charge in [0.15, 0.2) is 0 Å². The number of anilines is 1. The molecule has 1 heterocycles. The standard InChI is InChI=1S/C31H32Cl2F3N5O/c32-21-16-23(35)18-24(17-21)37-30(38-28(42)20-9-12-25(33)26(36)15-20)39-29-31(13-5-3-1-2-4-6-14-31)27(40-41-29)19-7-10-22(34)11-8-19/h7-12,15-18,27,29,40-41H,1-6,13-14H2,(H2,37,38,39,42). The summed E-state index contributed by atoms with van der Waals surface area (Å²) in [5, 5.41) is 6.40. The van der Waals surface area contributed by atoms with Crippen LogP contribution in [0.3, 0.4) is 0 Å². The summed E-state index contributed by atoms with van der Waals surface area (Å²) in [5.41, 5.74) is 7.57. The fourth-order valence-corrected chi connectivity index (χ4v) is 6.32. The molecular weight excluding hydrogens is 586 g/mol. The van der Waals surface area contributed by atoms with Crippen LogP contribution in [-0.2, 0) is 0 Å². The Kier molecular flexibility index (Phi) is 9.73. The summed E-state index contributed by atoms with van der Waals surface area (Å²) in [6.07, 6.45) is 7.75. The van der Waals surface area contributed by atoms with Crippen LogP contribution in [0.15, 0.2) is 65.7 Å². The van der Waals surface area contributed by atoms with Crippen molar-refractivity contribution in [2.45, 2.75) is 63.6 Å². The van der Waals surface area contributed by atoms with Gasteiger partial charge < -0.3 is 10.6 Å². The van der Waals surface area contributed by atoms with Gasteiger partial charge in [0.25, 0.3) is 5.91 Å². The lowest BCUT2D eigenvalue weighted by molar-refractivity contribution is 0.100. The monoisotopic (exact) mass is 617 g/mol. The van der Waals surface area contributed by atoms with E-state index in [1.165, 1.54) is 42.5 Å². The molecule has 0 aromatic heterocycles. The molecule has 4 N–H and O–H groups in total. The van der Waals surface area contributed by atoms with E-state index in [0.717, 1.165) is 63.0 Å². The Morgan fingerprint density at radius 2 is 1.52 bits per heavy atom. The Morgan fingerprint density at radius 1 is 0.833 bits per heavy atom. The van der Waals surface area contributed by atoms with E-state index in [1.54, 1.807) is 12.1 Å². The lowest BCUT2D eigenvalue weighted by Crippen LogP contribution is -2.54. The number of carbonyl (C=O) groups excluding carboxylic acids is 1. The molecule has 1 spiro atoms. The molecule has 3 aromatic rings. The number of hydrogen-bond acceptors (Lipinski definition) is 3. The molecule has 1 aliphatic carbocycles. The summed E-state index contributed by atoms with van der Waals surface area (Å²) in [6, 6.07) is 13.9. The van der Waals surface area contributed by atoms with E-state index in [-0.39, 0.29) is 44.5 Å². The van der Waals surface area contributed by atoms with Crippen molar-refractivity contribution in [3.8, 4) is 0 Å². The molecule has 2 atom stereocenters. The zero-order valence-electron chi connectivity index (χ0n) is 22.8. The zero-order valence-corrected chi connectivity index (χ0v) is 24.3. The molecule has 2 unspecified atom stereocenters. The normalized spacial score (nSPS) is 20.9. The van der Waals surface area contributed by atoms with Crippen LogP contribution >= 0.6 is 23.2 Å². The first kappa shape index (κ1) is 30.4. The molecule has 5 rings (SSSR count). The van der Waals surface area contributed by atoms with Gasteiger partial charge in [-0.05, 0) is 66.9 Å². The average molecular weight is 619 g/mol. The number of amides is 1. The van der Waals surface area contributed by atoms with Crippen molar-refractivity contribution < 1.29 is 18.0 Å². The highest BCUT2D eigenvalue weighted by atomic mass is 35.5. The van der Waals surface area contributed by atoms with Crippen molar-refractivity contribution in [2.75, 3.05) is 5.32 Å². The minimum absolute atomic E-state index is 0.00544. The molecule has 42 heavy (non-hydrogen) atoms. The van der Waals surface area contributed by atoms with Gasteiger partial charge in [0.2, 0.25) is 5.96 Å². The van der Waals surface area contributed by atoms with E-state index >= 15 is 0 Å². The Bertz CT molecular complexity index is 1420. The number of hydrogen-bond donors (Lipinski definition) is 4. The summed E-state index contributed by atoms with van der Waals surface area (Å²) in [7, 11) is 0. The molecule has 1 saturated carbocycles. The third-order valence-corrected chi connectivity index (χ3v) is 8.57. The molecular formula is C31H32Cl2F3N5O. The average Bonchev–Trinajstić information content (AvgIpc) is 3.34. The smallest absolute Gasteiger partial charge is 0.280 e. The number of carbonyl (C=O) groups is 1. The molecule has 6 nitrogen and oxygen atoms in total. The number of halogens is 5. The first-order valence-corrected chi connectivity index (χ1v) is 14.8. The van der Waals surface area contributed by atoms with E-state index in [0.29, 0.717) is 0 Å². The molecule has 11 heteroatoms. The first-order chi connectivity index (χ1) is 20.2. The quantitative estimate of drug-likeness (QED) is 0.177. The van der Waals surface area contributed by atoms with Crippen molar-refractivity contribution in [3.63, 3.8) is 0 Å². The number of nitrogens with zero attached hydrogens (tertiary/aromatic N) is 1. The van der Waals surface area contributed by atoms with Gasteiger partial charge in [-0.25, -0.2) is 24.0 Å². The fraction of sp³-hybridized carbons (Fsp3) is 0.355. The largest absolute Gasteiger partial charge is 0.339 e. The second-order valence-corrected chi connectivity index (χ2v) is 11.7. The van der Waals surface area contributed by atoms with Crippen LogP contribution < -0.4 is 21.5 Å². The summed E-state index contributed by atoms with van der Waals surface area (Å²) in [4.78, 5) is 17.4. The van der Waals surface area contributed by atoms with Crippen LogP contribution in [-0.4, -0.2) is 18.0 Å². The highest BCUT2D eigenvalue weighted by Gasteiger charge is 2.50. The van der Waals surface area contributed by atoms with E-state index in [4.69, 9.17) is 23.2 Å². The van der Waals surface area contributed by atoms with Crippen molar-refractivity contribution in [2.24, 2.45) is 10.4 Å². The molecule has 2 aliphatic rings. The van der Waals surface area contributed by atoms with Crippen molar-refractivity contribution in [3.05, 3.63) is 99.3 Å². The maximum Gasteiger partial charge on any atom is 0.280 e. The maximum absolute atomic E-state index is 14.2. The summed E-state index contributed by atoms with van der Waals surface area (Å²) >= 11 is 11.9. The molecule has 1 aliphatic heterocycles. The molecule has 3 aromatic carbocycles. The lowest BCUT2D eigenvalue weighted by Gasteiger charge is -2.40. The lowest BCUT2D eigenvalue weighted by atomic mass is 9.69. The van der Waals surface area contributed by atoms with Gasteiger partial charge in [-0.3, -0.25) is 4.79 Å². The van der Waals surface area contributed by atoms with Crippen molar-refractivity contribution in [1.82, 2.24) is 16.2 Å². The van der Waals surface area contributed by atoms with Crippen molar-refractivity contribution in [1.29, 1.82) is 0 Å². The van der Waals surface area contributed by atoms with Gasteiger partial charge in [-0.15, -0.1) is 0 Å². The molecule has 1 saturated heterocycles. The van der Waals surface area contributed by atoms with Crippen LogP contribution in [0.1, 0.15) is 73.3 Å². The molecule has 1 amide bonds. The zero-order chi connectivity index (χ0) is 29.7. The van der Waals surface area contributed by atoms with Crippen LogP contribution in [0.4, 0.5) is 18.9 Å².